The maximum atomic E-state index is 11.6. The van der Waals surface area contributed by atoms with Crippen molar-refractivity contribution in [1.82, 2.24) is 10.8 Å². The Kier molecular flexibility index (Phi) is 7.74. The fraction of sp³-hybridized carbons (Fsp3) is 0.154. The van der Waals surface area contributed by atoms with Crippen LogP contribution in [0.2, 0.25) is 0 Å². The third-order valence-electron chi connectivity index (χ3n) is 5.42. The molecule has 0 saturated carbocycles. The number of nitrogens with two attached hydrogens (primary N) is 1. The van der Waals surface area contributed by atoms with E-state index in [1.54, 1.807) is 23.7 Å². The average Bonchev–Trinajstić information content (AvgIpc) is 3.29. The normalized spacial score (nSPS) is 11.8. The molecule has 0 aliphatic carbocycles. The minimum atomic E-state index is -1.02. The highest BCUT2D eigenvalue weighted by molar-refractivity contribution is 7.20. The zero-order chi connectivity index (χ0) is 24.8. The van der Waals surface area contributed by atoms with Crippen LogP contribution in [-0.4, -0.2) is 28.2 Å². The summed E-state index contributed by atoms with van der Waals surface area (Å²) >= 11 is 1.34. The molecule has 0 bridgehead atoms. The van der Waals surface area contributed by atoms with Gasteiger partial charge >= 0.3 is 5.97 Å². The van der Waals surface area contributed by atoms with Crippen molar-refractivity contribution in [2.24, 2.45) is 5.73 Å². The van der Waals surface area contributed by atoms with Crippen molar-refractivity contribution < 1.29 is 24.6 Å². The van der Waals surface area contributed by atoms with Gasteiger partial charge < -0.3 is 20.9 Å². The fourth-order valence-corrected chi connectivity index (χ4v) is 4.57. The van der Waals surface area contributed by atoms with Gasteiger partial charge in [-0.05, 0) is 64.9 Å². The molecule has 1 unspecified atom stereocenters. The number of hydrogen-bond donors (Lipinski definition) is 5. The Hall–Kier alpha value is -3.76. The lowest BCUT2D eigenvalue weighted by Gasteiger charge is -2.10. The quantitative estimate of drug-likeness (QED) is 0.167. The molecule has 1 heterocycles. The first-order chi connectivity index (χ1) is 16.9. The second kappa shape index (κ2) is 11.1. The lowest BCUT2D eigenvalue weighted by Crippen LogP contribution is -2.32. The molecule has 3 aromatic carbocycles. The Balaban J connectivity index is 1.28. The number of fused-ring (bicyclic) bond motifs is 1. The molecule has 0 aliphatic heterocycles. The van der Waals surface area contributed by atoms with Crippen LogP contribution in [0, 0.1) is 0 Å². The highest BCUT2D eigenvalue weighted by Gasteiger charge is 2.12. The SMILES string of the molecule is NC(Cc1ccc(Oc2ccc(CNCc3ccc4cc(C(=O)NO)sc4c3)cc2)cc1)C(=O)O. The van der Waals surface area contributed by atoms with E-state index in [-0.39, 0.29) is 6.42 Å². The molecule has 4 aromatic rings. The molecular weight excluding hydrogens is 466 g/mol. The van der Waals surface area contributed by atoms with E-state index in [4.69, 9.17) is 20.8 Å². The zero-order valence-electron chi connectivity index (χ0n) is 18.7. The van der Waals surface area contributed by atoms with E-state index in [1.807, 2.05) is 54.6 Å². The summed E-state index contributed by atoms with van der Waals surface area (Å²) in [6.07, 6.45) is 0.264. The van der Waals surface area contributed by atoms with Crippen molar-refractivity contribution in [2.45, 2.75) is 25.6 Å². The van der Waals surface area contributed by atoms with Gasteiger partial charge in [-0.1, -0.05) is 36.4 Å². The summed E-state index contributed by atoms with van der Waals surface area (Å²) in [5.74, 6) is -0.163. The Labute approximate surface area is 205 Å². The van der Waals surface area contributed by atoms with Gasteiger partial charge in [0.1, 0.15) is 17.5 Å². The van der Waals surface area contributed by atoms with Crippen molar-refractivity contribution in [3.63, 3.8) is 0 Å². The van der Waals surface area contributed by atoms with Gasteiger partial charge in [0.15, 0.2) is 0 Å². The highest BCUT2D eigenvalue weighted by Crippen LogP contribution is 2.27. The second-order valence-corrected chi connectivity index (χ2v) is 9.15. The number of aliphatic carboxylic acids is 1. The molecule has 0 spiro atoms. The summed E-state index contributed by atoms with van der Waals surface area (Å²) in [7, 11) is 0. The minimum absolute atomic E-state index is 0.264. The van der Waals surface area contributed by atoms with Crippen LogP contribution in [0.3, 0.4) is 0 Å². The van der Waals surface area contributed by atoms with E-state index >= 15 is 0 Å². The van der Waals surface area contributed by atoms with Gasteiger partial charge in [0.25, 0.3) is 5.91 Å². The lowest BCUT2D eigenvalue weighted by atomic mass is 10.1. The third-order valence-corrected chi connectivity index (χ3v) is 6.52. The molecular formula is C26H25N3O5S. The number of thiophene rings is 1. The predicted octanol–water partition coefficient (Wildman–Crippen LogP) is 4.06. The van der Waals surface area contributed by atoms with Crippen LogP contribution in [0.5, 0.6) is 11.5 Å². The molecule has 1 atom stereocenters. The van der Waals surface area contributed by atoms with E-state index in [0.29, 0.717) is 29.5 Å². The minimum Gasteiger partial charge on any atom is -0.480 e. The Morgan fingerprint density at radius 3 is 2.11 bits per heavy atom. The molecule has 0 aliphatic rings. The number of ether oxygens (including phenoxy) is 1. The van der Waals surface area contributed by atoms with Crippen molar-refractivity contribution >= 4 is 33.3 Å². The monoisotopic (exact) mass is 491 g/mol. The summed E-state index contributed by atoms with van der Waals surface area (Å²) < 4.78 is 6.86. The Morgan fingerprint density at radius 2 is 1.49 bits per heavy atom. The first-order valence-corrected chi connectivity index (χ1v) is 11.7. The van der Waals surface area contributed by atoms with Gasteiger partial charge in [0.05, 0.1) is 4.88 Å². The number of amides is 1. The van der Waals surface area contributed by atoms with Crippen LogP contribution in [-0.2, 0) is 24.3 Å². The number of carboxylic acid groups (broad SMARTS) is 1. The van der Waals surface area contributed by atoms with E-state index < -0.39 is 17.9 Å². The maximum absolute atomic E-state index is 11.6. The van der Waals surface area contributed by atoms with E-state index in [2.05, 4.69) is 5.32 Å². The van der Waals surface area contributed by atoms with Gasteiger partial charge in [0.2, 0.25) is 0 Å². The van der Waals surface area contributed by atoms with Gasteiger partial charge in [-0.15, -0.1) is 11.3 Å². The maximum Gasteiger partial charge on any atom is 0.320 e. The number of carboxylic acids is 1. The zero-order valence-corrected chi connectivity index (χ0v) is 19.5. The summed E-state index contributed by atoms with van der Waals surface area (Å²) in [5.41, 5.74) is 10.3. The molecule has 35 heavy (non-hydrogen) atoms. The van der Waals surface area contributed by atoms with Crippen LogP contribution in [0.15, 0.2) is 72.8 Å². The number of nitrogens with one attached hydrogen (secondary N) is 2. The van der Waals surface area contributed by atoms with Crippen LogP contribution in [0.4, 0.5) is 0 Å². The van der Waals surface area contributed by atoms with Crippen molar-refractivity contribution in [3.05, 3.63) is 94.4 Å². The number of rotatable bonds is 10. The first kappa shape index (κ1) is 24.4. The topological polar surface area (TPSA) is 134 Å². The summed E-state index contributed by atoms with van der Waals surface area (Å²) in [4.78, 5) is 22.9. The number of carbonyl (C=O) groups excluding carboxylic acids is 1. The predicted molar refractivity (Wildman–Crippen MR) is 134 cm³/mol. The largest absolute Gasteiger partial charge is 0.480 e. The first-order valence-electron chi connectivity index (χ1n) is 10.9. The van der Waals surface area contributed by atoms with Crippen LogP contribution in [0.1, 0.15) is 26.4 Å². The highest BCUT2D eigenvalue weighted by atomic mass is 32.1. The molecule has 0 fully saturated rings. The molecule has 0 radical (unpaired) electrons. The molecule has 6 N–H and O–H groups in total. The second-order valence-electron chi connectivity index (χ2n) is 8.07. The van der Waals surface area contributed by atoms with E-state index in [1.165, 1.54) is 11.3 Å². The molecule has 1 amide bonds. The average molecular weight is 492 g/mol. The molecule has 9 heteroatoms. The molecule has 0 saturated heterocycles. The molecule has 4 rings (SSSR count). The number of hydrogen-bond acceptors (Lipinski definition) is 7. The number of benzene rings is 3. The summed E-state index contributed by atoms with van der Waals surface area (Å²) in [5, 5.41) is 22.1. The molecule has 1 aromatic heterocycles. The van der Waals surface area contributed by atoms with Crippen LogP contribution >= 0.6 is 11.3 Å². The fourth-order valence-electron chi connectivity index (χ4n) is 3.55. The van der Waals surface area contributed by atoms with Crippen LogP contribution < -0.4 is 21.3 Å². The van der Waals surface area contributed by atoms with Gasteiger partial charge in [-0.3, -0.25) is 14.8 Å². The van der Waals surface area contributed by atoms with Crippen molar-refractivity contribution in [2.75, 3.05) is 0 Å². The van der Waals surface area contributed by atoms with Gasteiger partial charge in [-0.2, -0.15) is 0 Å². The molecule has 180 valence electrons. The van der Waals surface area contributed by atoms with Gasteiger partial charge in [0, 0.05) is 17.8 Å². The van der Waals surface area contributed by atoms with Gasteiger partial charge in [-0.25, -0.2) is 5.48 Å². The van der Waals surface area contributed by atoms with E-state index in [0.717, 1.165) is 26.8 Å². The lowest BCUT2D eigenvalue weighted by molar-refractivity contribution is -0.138. The van der Waals surface area contributed by atoms with E-state index in [9.17, 15) is 9.59 Å². The smallest absolute Gasteiger partial charge is 0.320 e. The number of hydroxylamine groups is 1. The van der Waals surface area contributed by atoms with Crippen molar-refractivity contribution in [3.8, 4) is 11.5 Å². The standard InChI is InChI=1S/C26H25N3O5S/c27-22(26(31)32)11-16-2-7-20(8-3-16)34-21-9-4-17(5-10-21)14-28-15-18-1-6-19-13-24(25(30)29-33)35-23(19)12-18/h1-10,12-13,22,28,33H,11,14-15,27H2,(H,29,30)(H,31,32). The molecule has 8 nitrogen and oxygen atoms in total. The third kappa shape index (κ3) is 6.43. The van der Waals surface area contributed by atoms with Crippen molar-refractivity contribution in [1.29, 1.82) is 0 Å². The summed E-state index contributed by atoms with van der Waals surface area (Å²) in [6, 6.07) is 21.9. The number of carbonyl (C=O) groups is 2. The van der Waals surface area contributed by atoms with Crippen LogP contribution in [0.25, 0.3) is 10.1 Å². The summed E-state index contributed by atoms with van der Waals surface area (Å²) in [6.45, 7) is 1.35. The Bertz CT molecular complexity index is 1320. The Morgan fingerprint density at radius 1 is 0.886 bits per heavy atom.